The highest BCUT2D eigenvalue weighted by atomic mass is 35.5. The van der Waals surface area contributed by atoms with E-state index in [0.29, 0.717) is 22.2 Å². The van der Waals surface area contributed by atoms with Crippen LogP contribution in [0.15, 0.2) is 41.5 Å². The van der Waals surface area contributed by atoms with E-state index in [1.54, 1.807) is 12.1 Å². The van der Waals surface area contributed by atoms with E-state index < -0.39 is 4.92 Å². The number of aromatic hydroxyl groups is 1. The van der Waals surface area contributed by atoms with Gasteiger partial charge in [-0.05, 0) is 48.6 Å². The van der Waals surface area contributed by atoms with Crippen LogP contribution < -0.4 is 5.43 Å². The first kappa shape index (κ1) is 18.2. The number of hydrogen-bond donors (Lipinski definition) is 2. The average Bonchev–Trinajstić information content (AvgIpc) is 2.66. The molecule has 1 saturated carbocycles. The Morgan fingerprint density at radius 1 is 1.19 bits per heavy atom. The minimum absolute atomic E-state index is 0.000440. The van der Waals surface area contributed by atoms with Gasteiger partial charge < -0.3 is 5.11 Å². The molecule has 0 aromatic heterocycles. The molecule has 7 heteroatoms. The van der Waals surface area contributed by atoms with Gasteiger partial charge in [-0.2, -0.15) is 5.10 Å². The van der Waals surface area contributed by atoms with Crippen molar-refractivity contribution in [2.75, 3.05) is 5.43 Å². The van der Waals surface area contributed by atoms with Crippen LogP contribution in [-0.2, 0) is 0 Å². The fourth-order valence-corrected chi connectivity index (χ4v) is 3.48. The standard InChI is InChI=1S/C19H20ClN3O3/c20-18-11-14(13-4-2-1-3-5-13)10-15(19(18)24)12-21-22-16-6-8-17(9-7-16)23(25)26/h6-13,22,24H,1-5H2/b21-12-. The molecule has 2 aromatic carbocycles. The molecular weight excluding hydrogens is 354 g/mol. The number of nitrogens with one attached hydrogen (secondary N) is 1. The Balaban J connectivity index is 1.74. The lowest BCUT2D eigenvalue weighted by atomic mass is 9.83. The molecule has 0 amide bonds. The van der Waals surface area contributed by atoms with Gasteiger partial charge in [0.25, 0.3) is 5.69 Å². The molecule has 0 aliphatic heterocycles. The van der Waals surface area contributed by atoms with E-state index in [9.17, 15) is 15.2 Å². The number of benzene rings is 2. The van der Waals surface area contributed by atoms with E-state index in [1.165, 1.54) is 37.6 Å². The summed E-state index contributed by atoms with van der Waals surface area (Å²) in [6, 6.07) is 9.71. The van der Waals surface area contributed by atoms with Gasteiger partial charge in [0.05, 0.1) is 21.8 Å². The zero-order valence-corrected chi connectivity index (χ0v) is 14.9. The summed E-state index contributed by atoms with van der Waals surface area (Å²) in [5.74, 6) is 0.470. The van der Waals surface area contributed by atoms with Crippen molar-refractivity contribution in [1.29, 1.82) is 0 Å². The Bertz CT molecular complexity index is 816. The van der Waals surface area contributed by atoms with Gasteiger partial charge in [0, 0.05) is 17.7 Å². The summed E-state index contributed by atoms with van der Waals surface area (Å²) in [6.45, 7) is 0. The van der Waals surface area contributed by atoms with Crippen LogP contribution in [0.25, 0.3) is 0 Å². The Morgan fingerprint density at radius 3 is 2.54 bits per heavy atom. The Morgan fingerprint density at radius 2 is 1.88 bits per heavy atom. The molecule has 0 heterocycles. The number of phenols is 1. The summed E-state index contributed by atoms with van der Waals surface area (Å²) >= 11 is 6.19. The van der Waals surface area contributed by atoms with Crippen LogP contribution in [0.1, 0.15) is 49.1 Å². The number of nitro groups is 1. The van der Waals surface area contributed by atoms with E-state index in [1.807, 2.05) is 12.1 Å². The first-order valence-corrected chi connectivity index (χ1v) is 8.98. The van der Waals surface area contributed by atoms with Gasteiger partial charge in [-0.3, -0.25) is 15.5 Å². The van der Waals surface area contributed by atoms with E-state index in [-0.39, 0.29) is 11.4 Å². The van der Waals surface area contributed by atoms with Crippen molar-refractivity contribution >= 4 is 29.2 Å². The number of non-ortho nitro benzene ring substituents is 1. The number of hydrazone groups is 1. The number of hydrogen-bond acceptors (Lipinski definition) is 5. The Labute approximate surface area is 156 Å². The summed E-state index contributed by atoms with van der Waals surface area (Å²) < 4.78 is 0. The van der Waals surface area contributed by atoms with Gasteiger partial charge in [0.1, 0.15) is 5.75 Å². The Hall–Kier alpha value is -2.60. The molecule has 0 saturated heterocycles. The first-order valence-electron chi connectivity index (χ1n) is 8.60. The zero-order chi connectivity index (χ0) is 18.5. The lowest BCUT2D eigenvalue weighted by Crippen LogP contribution is -2.05. The largest absolute Gasteiger partial charge is 0.506 e. The summed E-state index contributed by atoms with van der Waals surface area (Å²) in [5.41, 5.74) is 5.10. The molecular formula is C19H20ClN3O3. The van der Waals surface area contributed by atoms with E-state index in [0.717, 1.165) is 18.4 Å². The molecule has 0 radical (unpaired) electrons. The fourth-order valence-electron chi connectivity index (χ4n) is 3.25. The summed E-state index contributed by atoms with van der Waals surface area (Å²) in [4.78, 5) is 10.2. The van der Waals surface area contributed by atoms with Crippen LogP contribution in [0.3, 0.4) is 0 Å². The highest BCUT2D eigenvalue weighted by molar-refractivity contribution is 6.32. The maximum absolute atomic E-state index is 10.7. The SMILES string of the molecule is O=[N+]([O-])c1ccc(N/N=C\c2cc(C3CCCCC3)cc(Cl)c2O)cc1. The molecule has 1 fully saturated rings. The second-order valence-corrected chi connectivity index (χ2v) is 6.86. The minimum atomic E-state index is -0.455. The predicted octanol–water partition coefficient (Wildman–Crippen LogP) is 5.45. The van der Waals surface area contributed by atoms with E-state index >= 15 is 0 Å². The van der Waals surface area contributed by atoms with Gasteiger partial charge in [0.15, 0.2) is 0 Å². The monoisotopic (exact) mass is 373 g/mol. The number of nitrogens with zero attached hydrogens (tertiary/aromatic N) is 2. The van der Waals surface area contributed by atoms with Crippen LogP contribution >= 0.6 is 11.6 Å². The molecule has 136 valence electrons. The molecule has 0 atom stereocenters. The zero-order valence-electron chi connectivity index (χ0n) is 14.2. The van der Waals surface area contributed by atoms with Crippen LogP contribution in [0.4, 0.5) is 11.4 Å². The maximum Gasteiger partial charge on any atom is 0.269 e. The molecule has 0 unspecified atom stereocenters. The molecule has 3 rings (SSSR count). The molecule has 2 N–H and O–H groups in total. The third kappa shape index (κ3) is 4.32. The number of halogens is 1. The van der Waals surface area contributed by atoms with Gasteiger partial charge in [-0.15, -0.1) is 0 Å². The van der Waals surface area contributed by atoms with E-state index in [4.69, 9.17) is 11.6 Å². The minimum Gasteiger partial charge on any atom is -0.506 e. The summed E-state index contributed by atoms with van der Waals surface area (Å²) in [7, 11) is 0. The number of rotatable bonds is 5. The van der Waals surface area contributed by atoms with Crippen molar-refractivity contribution in [3.8, 4) is 5.75 Å². The second kappa shape index (κ2) is 8.19. The van der Waals surface area contributed by atoms with Crippen LogP contribution in [0.2, 0.25) is 5.02 Å². The smallest absolute Gasteiger partial charge is 0.269 e. The van der Waals surface area contributed by atoms with Crippen molar-refractivity contribution < 1.29 is 10.0 Å². The van der Waals surface area contributed by atoms with Crippen molar-refractivity contribution in [1.82, 2.24) is 0 Å². The molecule has 26 heavy (non-hydrogen) atoms. The molecule has 6 nitrogen and oxygen atoms in total. The molecule has 2 aromatic rings. The predicted molar refractivity (Wildman–Crippen MR) is 103 cm³/mol. The maximum atomic E-state index is 10.7. The van der Waals surface area contributed by atoms with Gasteiger partial charge in [0.2, 0.25) is 0 Å². The average molecular weight is 374 g/mol. The van der Waals surface area contributed by atoms with Crippen molar-refractivity contribution in [3.63, 3.8) is 0 Å². The summed E-state index contributed by atoms with van der Waals surface area (Å²) in [5, 5.41) is 25.3. The number of phenolic OH excluding ortho intramolecular Hbond substituents is 1. The highest BCUT2D eigenvalue weighted by Crippen LogP contribution is 2.37. The van der Waals surface area contributed by atoms with Crippen molar-refractivity contribution in [2.45, 2.75) is 38.0 Å². The topological polar surface area (TPSA) is 87.8 Å². The first-order chi connectivity index (χ1) is 12.5. The normalized spacial score (nSPS) is 15.3. The third-order valence-corrected chi connectivity index (χ3v) is 4.96. The van der Waals surface area contributed by atoms with Gasteiger partial charge in [-0.25, -0.2) is 0 Å². The van der Waals surface area contributed by atoms with Crippen LogP contribution in [0.5, 0.6) is 5.75 Å². The van der Waals surface area contributed by atoms with E-state index in [2.05, 4.69) is 10.5 Å². The number of anilines is 1. The molecule has 0 spiro atoms. The Kier molecular flexibility index (Phi) is 5.73. The second-order valence-electron chi connectivity index (χ2n) is 6.45. The quantitative estimate of drug-likeness (QED) is 0.414. The fraction of sp³-hybridized carbons (Fsp3) is 0.316. The third-order valence-electron chi connectivity index (χ3n) is 4.67. The lowest BCUT2D eigenvalue weighted by molar-refractivity contribution is -0.384. The van der Waals surface area contributed by atoms with Crippen molar-refractivity contribution in [2.24, 2.45) is 5.10 Å². The van der Waals surface area contributed by atoms with Gasteiger partial charge in [-0.1, -0.05) is 30.9 Å². The van der Waals surface area contributed by atoms with Crippen LogP contribution in [0, 0.1) is 10.1 Å². The molecule has 1 aliphatic rings. The number of nitro benzene ring substituents is 1. The highest BCUT2D eigenvalue weighted by Gasteiger charge is 2.18. The van der Waals surface area contributed by atoms with Gasteiger partial charge >= 0.3 is 0 Å². The lowest BCUT2D eigenvalue weighted by Gasteiger charge is -2.22. The van der Waals surface area contributed by atoms with Crippen LogP contribution in [-0.4, -0.2) is 16.2 Å². The molecule has 0 bridgehead atoms. The summed E-state index contributed by atoms with van der Waals surface area (Å²) in [6.07, 6.45) is 7.49. The molecule has 1 aliphatic carbocycles. The van der Waals surface area contributed by atoms with Crippen molar-refractivity contribution in [3.05, 3.63) is 62.7 Å².